The molecule has 0 saturated carbocycles. The van der Waals surface area contributed by atoms with Crippen molar-refractivity contribution >= 4 is 23.2 Å². The zero-order valence-corrected chi connectivity index (χ0v) is 18.9. The highest BCUT2D eigenvalue weighted by Gasteiger charge is 2.19. The Balaban J connectivity index is 1.21. The lowest BCUT2D eigenvalue weighted by Gasteiger charge is -2.34. The molecule has 4 rings (SSSR count). The number of piperazine rings is 1. The monoisotopic (exact) mass is 446 g/mol. The molecule has 2 N–H and O–H groups in total. The van der Waals surface area contributed by atoms with Crippen LogP contribution in [0.4, 0.5) is 11.4 Å². The van der Waals surface area contributed by atoms with Crippen LogP contribution in [0.3, 0.4) is 0 Å². The van der Waals surface area contributed by atoms with Crippen LogP contribution in [-0.4, -0.2) is 70.4 Å². The lowest BCUT2D eigenvalue weighted by atomic mass is 10.2. The maximum Gasteiger partial charge on any atom is 0.238 e. The largest absolute Gasteiger partial charge is 0.330 e. The Morgan fingerprint density at radius 1 is 0.879 bits per heavy atom. The van der Waals surface area contributed by atoms with E-state index >= 15 is 0 Å². The molecule has 0 radical (unpaired) electrons. The van der Waals surface area contributed by atoms with E-state index in [-0.39, 0.29) is 11.8 Å². The third-order valence-corrected chi connectivity index (χ3v) is 5.70. The van der Waals surface area contributed by atoms with Crippen molar-refractivity contribution in [3.63, 3.8) is 0 Å². The molecular formula is C25H30N6O2. The molecule has 1 saturated heterocycles. The van der Waals surface area contributed by atoms with Crippen molar-refractivity contribution < 1.29 is 9.59 Å². The fourth-order valence-electron chi connectivity index (χ4n) is 4.04. The summed E-state index contributed by atoms with van der Waals surface area (Å²) in [6.07, 6.45) is 3.88. The molecule has 0 spiro atoms. The maximum absolute atomic E-state index is 12.5. The number of hydrogen-bond acceptors (Lipinski definition) is 5. The highest BCUT2D eigenvalue weighted by Crippen LogP contribution is 2.17. The van der Waals surface area contributed by atoms with Crippen LogP contribution in [0, 0.1) is 0 Å². The van der Waals surface area contributed by atoms with Crippen molar-refractivity contribution in [3.05, 3.63) is 67.0 Å². The second-order valence-electron chi connectivity index (χ2n) is 8.24. The Bertz CT molecular complexity index is 1070. The number of carbonyl (C=O) groups excluding carboxylic acids is 2. The van der Waals surface area contributed by atoms with Gasteiger partial charge in [-0.2, -0.15) is 0 Å². The van der Waals surface area contributed by atoms with E-state index in [4.69, 9.17) is 0 Å². The van der Waals surface area contributed by atoms with Crippen molar-refractivity contribution in [1.82, 2.24) is 19.4 Å². The number of benzene rings is 2. The summed E-state index contributed by atoms with van der Waals surface area (Å²) >= 11 is 0. The summed E-state index contributed by atoms with van der Waals surface area (Å²) in [4.78, 5) is 32.8. The van der Waals surface area contributed by atoms with Crippen LogP contribution in [-0.2, 0) is 16.1 Å². The average Bonchev–Trinajstić information content (AvgIpc) is 3.28. The molecule has 3 aromatic rings. The van der Waals surface area contributed by atoms with Gasteiger partial charge in [-0.3, -0.25) is 19.4 Å². The molecule has 1 aromatic heterocycles. The molecule has 0 aliphatic carbocycles. The zero-order valence-electron chi connectivity index (χ0n) is 18.9. The molecule has 0 unspecified atom stereocenters. The molecule has 1 aliphatic rings. The van der Waals surface area contributed by atoms with Crippen molar-refractivity contribution in [1.29, 1.82) is 0 Å². The van der Waals surface area contributed by atoms with Crippen molar-refractivity contribution in [2.75, 3.05) is 49.9 Å². The number of amides is 2. The van der Waals surface area contributed by atoms with E-state index in [2.05, 4.69) is 42.1 Å². The Morgan fingerprint density at radius 3 is 2.30 bits per heavy atom. The molecule has 0 bridgehead atoms. The molecule has 8 nitrogen and oxygen atoms in total. The summed E-state index contributed by atoms with van der Waals surface area (Å²) in [5.41, 5.74) is 2.47. The first-order chi connectivity index (χ1) is 16.1. The summed E-state index contributed by atoms with van der Waals surface area (Å²) in [7, 11) is 0. The third-order valence-electron chi connectivity index (χ3n) is 5.70. The SMILES string of the molecule is CC(=O)Nc1cccc(NC(=O)CN2CCN(CCn3ccnc3-c3ccccc3)CC2)c1. The van der Waals surface area contributed by atoms with E-state index in [0.29, 0.717) is 17.9 Å². The molecule has 0 atom stereocenters. The predicted octanol–water partition coefficient (Wildman–Crippen LogP) is 2.76. The predicted molar refractivity (Wildman–Crippen MR) is 130 cm³/mol. The van der Waals surface area contributed by atoms with Gasteiger partial charge in [0.15, 0.2) is 0 Å². The number of nitrogens with one attached hydrogen (secondary N) is 2. The minimum atomic E-state index is -0.138. The van der Waals surface area contributed by atoms with Crippen LogP contribution in [0.15, 0.2) is 67.0 Å². The number of nitrogens with zero attached hydrogens (tertiary/aromatic N) is 4. The van der Waals surface area contributed by atoms with Gasteiger partial charge in [-0.25, -0.2) is 4.98 Å². The second kappa shape index (κ2) is 10.9. The summed E-state index contributed by atoms with van der Waals surface area (Å²) in [6, 6.07) is 17.4. The number of carbonyl (C=O) groups is 2. The number of imidazole rings is 1. The lowest BCUT2D eigenvalue weighted by molar-refractivity contribution is -0.117. The van der Waals surface area contributed by atoms with Gasteiger partial charge >= 0.3 is 0 Å². The molecule has 2 aromatic carbocycles. The van der Waals surface area contributed by atoms with Gasteiger partial charge in [0.25, 0.3) is 0 Å². The van der Waals surface area contributed by atoms with Gasteiger partial charge in [0.05, 0.1) is 6.54 Å². The van der Waals surface area contributed by atoms with Crippen LogP contribution in [0.1, 0.15) is 6.92 Å². The van der Waals surface area contributed by atoms with Crippen molar-refractivity contribution in [2.45, 2.75) is 13.5 Å². The molecule has 172 valence electrons. The van der Waals surface area contributed by atoms with E-state index in [1.807, 2.05) is 42.7 Å². The Morgan fingerprint density at radius 2 is 1.58 bits per heavy atom. The molecule has 8 heteroatoms. The average molecular weight is 447 g/mol. The number of rotatable bonds is 8. The smallest absolute Gasteiger partial charge is 0.238 e. The van der Waals surface area contributed by atoms with E-state index in [9.17, 15) is 9.59 Å². The Kier molecular flexibility index (Phi) is 7.49. The van der Waals surface area contributed by atoms with Gasteiger partial charge in [0, 0.05) is 75.5 Å². The summed E-state index contributed by atoms with van der Waals surface area (Å²) in [6.45, 7) is 7.23. The first-order valence-electron chi connectivity index (χ1n) is 11.3. The summed E-state index contributed by atoms with van der Waals surface area (Å²) < 4.78 is 2.20. The van der Waals surface area contributed by atoms with Crippen LogP contribution in [0.5, 0.6) is 0 Å². The van der Waals surface area contributed by atoms with Gasteiger partial charge < -0.3 is 15.2 Å². The first-order valence-corrected chi connectivity index (χ1v) is 11.3. The van der Waals surface area contributed by atoms with Crippen LogP contribution >= 0.6 is 0 Å². The van der Waals surface area contributed by atoms with Crippen LogP contribution in [0.2, 0.25) is 0 Å². The first kappa shape index (κ1) is 22.7. The fraction of sp³-hybridized carbons (Fsp3) is 0.320. The number of anilines is 2. The van der Waals surface area contributed by atoms with E-state index < -0.39 is 0 Å². The summed E-state index contributed by atoms with van der Waals surface area (Å²) in [5.74, 6) is 0.809. The quantitative estimate of drug-likeness (QED) is 0.556. The van der Waals surface area contributed by atoms with Gasteiger partial charge in [-0.15, -0.1) is 0 Å². The zero-order chi connectivity index (χ0) is 23.0. The van der Waals surface area contributed by atoms with Gasteiger partial charge in [-0.1, -0.05) is 36.4 Å². The topological polar surface area (TPSA) is 82.5 Å². The molecule has 33 heavy (non-hydrogen) atoms. The molecule has 1 aliphatic heterocycles. The minimum absolute atomic E-state index is 0.0469. The second-order valence-corrected chi connectivity index (χ2v) is 8.24. The highest BCUT2D eigenvalue weighted by molar-refractivity contribution is 5.94. The third kappa shape index (κ3) is 6.50. The van der Waals surface area contributed by atoms with Crippen molar-refractivity contribution in [2.24, 2.45) is 0 Å². The molecule has 1 fully saturated rings. The Hall–Kier alpha value is -3.49. The molecule has 2 amide bonds. The summed E-state index contributed by atoms with van der Waals surface area (Å²) in [5, 5.41) is 5.65. The van der Waals surface area contributed by atoms with Gasteiger partial charge in [0.1, 0.15) is 5.82 Å². The normalized spacial score (nSPS) is 14.7. The number of hydrogen-bond donors (Lipinski definition) is 2. The molecular weight excluding hydrogens is 416 g/mol. The van der Waals surface area contributed by atoms with Crippen molar-refractivity contribution in [3.8, 4) is 11.4 Å². The molecule has 2 heterocycles. The van der Waals surface area contributed by atoms with Crippen LogP contribution in [0.25, 0.3) is 11.4 Å². The standard InChI is InChI=1S/C25H30N6O2/c1-20(32)27-22-8-5-9-23(18-22)28-24(33)19-30-14-12-29(13-15-30)16-17-31-11-10-26-25(31)21-6-3-2-4-7-21/h2-11,18H,12-17,19H2,1H3,(H,27,32)(H,28,33). The van der Waals surface area contributed by atoms with E-state index in [1.165, 1.54) is 6.92 Å². The Labute approximate surface area is 194 Å². The minimum Gasteiger partial charge on any atom is -0.330 e. The fourth-order valence-corrected chi connectivity index (χ4v) is 4.04. The van der Waals surface area contributed by atoms with Gasteiger partial charge in [0.2, 0.25) is 11.8 Å². The van der Waals surface area contributed by atoms with E-state index in [1.54, 1.807) is 12.1 Å². The highest BCUT2D eigenvalue weighted by atomic mass is 16.2. The van der Waals surface area contributed by atoms with E-state index in [0.717, 1.165) is 50.7 Å². The van der Waals surface area contributed by atoms with Crippen LogP contribution < -0.4 is 10.6 Å². The lowest BCUT2D eigenvalue weighted by Crippen LogP contribution is -2.49. The number of aromatic nitrogens is 2. The van der Waals surface area contributed by atoms with Gasteiger partial charge in [-0.05, 0) is 18.2 Å². The maximum atomic E-state index is 12.5.